The van der Waals surface area contributed by atoms with Gasteiger partial charge in [0.2, 0.25) is 0 Å². The number of hydrogen-bond donors (Lipinski definition) is 0. The molecular formula is C16H22N4O2. The molecule has 0 saturated carbocycles. The number of aromatic nitrogens is 2. The van der Waals surface area contributed by atoms with E-state index in [2.05, 4.69) is 14.8 Å². The summed E-state index contributed by atoms with van der Waals surface area (Å²) >= 11 is 0. The van der Waals surface area contributed by atoms with Gasteiger partial charge in [-0.1, -0.05) is 0 Å². The number of aryl methyl sites for hydroxylation is 1. The molecule has 0 atom stereocenters. The van der Waals surface area contributed by atoms with Gasteiger partial charge in [0.15, 0.2) is 0 Å². The fraction of sp³-hybridized carbons (Fsp3) is 0.500. The van der Waals surface area contributed by atoms with Crippen LogP contribution in [0.15, 0.2) is 29.3 Å². The van der Waals surface area contributed by atoms with Crippen molar-refractivity contribution in [3.05, 3.63) is 34.9 Å². The highest BCUT2D eigenvalue weighted by molar-refractivity contribution is 5.81. The zero-order chi connectivity index (χ0) is 15.5. The second-order valence-corrected chi connectivity index (χ2v) is 5.68. The third-order valence-electron chi connectivity index (χ3n) is 4.25. The van der Waals surface area contributed by atoms with Gasteiger partial charge < -0.3 is 14.2 Å². The van der Waals surface area contributed by atoms with Gasteiger partial charge in [-0.05, 0) is 18.2 Å². The Balaban J connectivity index is 1.75. The summed E-state index contributed by atoms with van der Waals surface area (Å²) in [5.74, 6) is 0. The molecule has 0 amide bonds. The van der Waals surface area contributed by atoms with Crippen molar-refractivity contribution in [2.75, 3.05) is 51.3 Å². The third kappa shape index (κ3) is 2.98. The molecule has 0 aliphatic carbocycles. The molecule has 1 aliphatic heterocycles. The Morgan fingerprint density at radius 2 is 2.00 bits per heavy atom. The number of hydrogen-bond acceptors (Lipinski definition) is 5. The summed E-state index contributed by atoms with van der Waals surface area (Å²) in [7, 11) is 3.46. The van der Waals surface area contributed by atoms with Crippen LogP contribution in [0.2, 0.25) is 0 Å². The van der Waals surface area contributed by atoms with Gasteiger partial charge in [0.05, 0.1) is 23.8 Å². The Bertz CT molecular complexity index is 705. The average Bonchev–Trinajstić information content (AvgIpc) is 2.56. The van der Waals surface area contributed by atoms with Crippen LogP contribution >= 0.6 is 0 Å². The number of fused-ring (bicyclic) bond motifs is 1. The smallest absolute Gasteiger partial charge is 0.260 e. The molecule has 0 bridgehead atoms. The lowest BCUT2D eigenvalue weighted by Gasteiger charge is -2.36. The third-order valence-corrected chi connectivity index (χ3v) is 4.25. The van der Waals surface area contributed by atoms with E-state index in [4.69, 9.17) is 4.74 Å². The summed E-state index contributed by atoms with van der Waals surface area (Å²) in [5.41, 5.74) is 1.91. The SMILES string of the molecule is COCCN1CCN(c2ccc3c(=O)n(C)cnc3c2)CC1. The first-order chi connectivity index (χ1) is 10.7. The minimum Gasteiger partial charge on any atom is -0.383 e. The number of anilines is 1. The van der Waals surface area contributed by atoms with E-state index in [0.717, 1.165) is 50.5 Å². The minimum atomic E-state index is 0.000866. The molecule has 1 aliphatic rings. The van der Waals surface area contributed by atoms with E-state index < -0.39 is 0 Å². The largest absolute Gasteiger partial charge is 0.383 e. The van der Waals surface area contributed by atoms with Crippen LogP contribution in [0.4, 0.5) is 5.69 Å². The summed E-state index contributed by atoms with van der Waals surface area (Å²) in [5, 5.41) is 0.674. The van der Waals surface area contributed by atoms with Crippen molar-refractivity contribution < 1.29 is 4.74 Å². The normalized spacial score (nSPS) is 16.4. The van der Waals surface area contributed by atoms with Crippen molar-refractivity contribution in [3.8, 4) is 0 Å². The Kier molecular flexibility index (Phi) is 4.40. The highest BCUT2D eigenvalue weighted by Crippen LogP contribution is 2.20. The molecule has 0 spiro atoms. The molecule has 2 heterocycles. The average molecular weight is 302 g/mol. The maximum absolute atomic E-state index is 12.1. The lowest BCUT2D eigenvalue weighted by Crippen LogP contribution is -2.47. The fourth-order valence-corrected chi connectivity index (χ4v) is 2.85. The first kappa shape index (κ1) is 15.0. The van der Waals surface area contributed by atoms with Gasteiger partial charge in [0.25, 0.3) is 5.56 Å². The van der Waals surface area contributed by atoms with Gasteiger partial charge in [-0.3, -0.25) is 9.69 Å². The first-order valence-corrected chi connectivity index (χ1v) is 7.60. The van der Waals surface area contributed by atoms with Gasteiger partial charge in [-0.15, -0.1) is 0 Å². The van der Waals surface area contributed by atoms with Crippen LogP contribution in [-0.4, -0.2) is 60.9 Å². The summed E-state index contributed by atoms with van der Waals surface area (Å²) in [4.78, 5) is 21.2. The zero-order valence-corrected chi connectivity index (χ0v) is 13.2. The Labute approximate surface area is 129 Å². The lowest BCUT2D eigenvalue weighted by molar-refractivity contribution is 0.144. The van der Waals surface area contributed by atoms with Crippen LogP contribution in [0.3, 0.4) is 0 Å². The van der Waals surface area contributed by atoms with Crippen molar-refractivity contribution >= 4 is 16.6 Å². The van der Waals surface area contributed by atoms with Crippen molar-refractivity contribution in [1.29, 1.82) is 0 Å². The summed E-state index contributed by atoms with van der Waals surface area (Å²) in [6, 6.07) is 5.93. The molecule has 1 aromatic carbocycles. The summed E-state index contributed by atoms with van der Waals surface area (Å²) in [6.07, 6.45) is 1.58. The van der Waals surface area contributed by atoms with E-state index >= 15 is 0 Å². The molecule has 0 radical (unpaired) electrons. The van der Waals surface area contributed by atoms with E-state index in [-0.39, 0.29) is 5.56 Å². The molecule has 1 saturated heterocycles. The van der Waals surface area contributed by atoms with E-state index in [1.54, 1.807) is 20.5 Å². The van der Waals surface area contributed by atoms with Gasteiger partial charge in [0.1, 0.15) is 0 Å². The number of piperazine rings is 1. The Hall–Kier alpha value is -1.92. The monoisotopic (exact) mass is 302 g/mol. The number of ether oxygens (including phenoxy) is 1. The highest BCUT2D eigenvalue weighted by atomic mass is 16.5. The standard InChI is InChI=1S/C16H22N4O2/c1-18-12-17-15-11-13(3-4-14(15)16(18)21)20-7-5-19(6-8-20)9-10-22-2/h3-4,11-12H,5-10H2,1-2H3. The molecule has 118 valence electrons. The maximum atomic E-state index is 12.1. The summed E-state index contributed by atoms with van der Waals surface area (Å²) in [6.45, 7) is 5.81. The maximum Gasteiger partial charge on any atom is 0.260 e. The van der Waals surface area contributed by atoms with Gasteiger partial charge >= 0.3 is 0 Å². The highest BCUT2D eigenvalue weighted by Gasteiger charge is 2.17. The lowest BCUT2D eigenvalue weighted by atomic mass is 10.2. The molecule has 1 fully saturated rings. The molecule has 0 N–H and O–H groups in total. The van der Waals surface area contributed by atoms with Crippen molar-refractivity contribution in [2.45, 2.75) is 0 Å². The number of rotatable bonds is 4. The predicted molar refractivity (Wildman–Crippen MR) is 87.5 cm³/mol. The first-order valence-electron chi connectivity index (χ1n) is 7.60. The molecule has 6 heteroatoms. The second-order valence-electron chi connectivity index (χ2n) is 5.68. The summed E-state index contributed by atoms with van der Waals surface area (Å²) < 4.78 is 6.64. The molecular weight excluding hydrogens is 280 g/mol. The number of methoxy groups -OCH3 is 1. The topological polar surface area (TPSA) is 50.6 Å². The van der Waals surface area contributed by atoms with Crippen LogP contribution in [0.1, 0.15) is 0 Å². The Morgan fingerprint density at radius 1 is 1.23 bits per heavy atom. The van der Waals surface area contributed by atoms with Crippen molar-refractivity contribution in [2.24, 2.45) is 7.05 Å². The van der Waals surface area contributed by atoms with Gasteiger partial charge in [-0.25, -0.2) is 4.98 Å². The van der Waals surface area contributed by atoms with Crippen molar-refractivity contribution in [3.63, 3.8) is 0 Å². The van der Waals surface area contributed by atoms with E-state index in [0.29, 0.717) is 5.39 Å². The Morgan fingerprint density at radius 3 is 2.73 bits per heavy atom. The van der Waals surface area contributed by atoms with Crippen LogP contribution in [0, 0.1) is 0 Å². The zero-order valence-electron chi connectivity index (χ0n) is 13.2. The molecule has 2 aromatic rings. The number of benzene rings is 1. The minimum absolute atomic E-state index is 0.000866. The quantitative estimate of drug-likeness (QED) is 0.832. The fourth-order valence-electron chi connectivity index (χ4n) is 2.85. The van der Waals surface area contributed by atoms with E-state index in [1.807, 2.05) is 18.2 Å². The van der Waals surface area contributed by atoms with Gasteiger partial charge in [-0.2, -0.15) is 0 Å². The van der Waals surface area contributed by atoms with Crippen LogP contribution in [-0.2, 0) is 11.8 Å². The van der Waals surface area contributed by atoms with Crippen LogP contribution < -0.4 is 10.5 Å². The van der Waals surface area contributed by atoms with Crippen LogP contribution in [0.25, 0.3) is 10.9 Å². The van der Waals surface area contributed by atoms with Crippen molar-refractivity contribution in [1.82, 2.24) is 14.5 Å². The number of nitrogens with zero attached hydrogens (tertiary/aromatic N) is 4. The van der Waals surface area contributed by atoms with E-state index in [1.165, 1.54) is 4.57 Å². The second kappa shape index (κ2) is 6.46. The van der Waals surface area contributed by atoms with Gasteiger partial charge in [0, 0.05) is 52.6 Å². The van der Waals surface area contributed by atoms with E-state index in [9.17, 15) is 4.79 Å². The molecule has 6 nitrogen and oxygen atoms in total. The predicted octanol–water partition coefficient (Wildman–Crippen LogP) is 0.702. The molecule has 3 rings (SSSR count). The molecule has 22 heavy (non-hydrogen) atoms. The van der Waals surface area contributed by atoms with Crippen LogP contribution in [0.5, 0.6) is 0 Å². The molecule has 0 unspecified atom stereocenters. The molecule has 1 aromatic heterocycles.